The van der Waals surface area contributed by atoms with Crippen LogP contribution in [-0.4, -0.2) is 5.84 Å². The minimum Gasteiger partial charge on any atom is -0.384 e. The van der Waals surface area contributed by atoms with E-state index in [1.807, 2.05) is 18.2 Å². The van der Waals surface area contributed by atoms with Crippen molar-refractivity contribution in [3.63, 3.8) is 0 Å². The Morgan fingerprint density at radius 2 is 1.71 bits per heavy atom. The van der Waals surface area contributed by atoms with E-state index in [-0.39, 0.29) is 11.7 Å². The van der Waals surface area contributed by atoms with E-state index in [1.54, 1.807) is 18.2 Å². The fraction of sp³-hybridized carbons (Fsp3) is 0. The molecule has 2 rings (SSSR count). The first-order chi connectivity index (χ1) is 8.16. The Hall–Kier alpha value is -1.81. The van der Waals surface area contributed by atoms with Gasteiger partial charge in [0, 0.05) is 15.4 Å². The first-order valence-corrected chi connectivity index (χ1v) is 5.85. The molecule has 0 amide bonds. The standard InChI is InChI=1S/C13H11FN2S/c14-9-5-7-10(8-6-9)17-12-4-2-1-3-11(12)13(15)16/h1-8H,(H3,15,16). The molecular formula is C13H11FN2S. The molecule has 17 heavy (non-hydrogen) atoms. The Bertz CT molecular complexity index is 537. The van der Waals surface area contributed by atoms with Crippen LogP contribution in [0.25, 0.3) is 0 Å². The maximum Gasteiger partial charge on any atom is 0.123 e. The van der Waals surface area contributed by atoms with Crippen molar-refractivity contribution in [2.24, 2.45) is 5.73 Å². The summed E-state index contributed by atoms with van der Waals surface area (Å²) in [6, 6.07) is 13.7. The Kier molecular flexibility index (Phi) is 3.44. The second-order valence-electron chi connectivity index (χ2n) is 3.47. The van der Waals surface area contributed by atoms with Crippen LogP contribution in [0.3, 0.4) is 0 Å². The molecule has 2 nitrogen and oxygen atoms in total. The highest BCUT2D eigenvalue weighted by atomic mass is 32.2. The third-order valence-electron chi connectivity index (χ3n) is 2.22. The molecule has 86 valence electrons. The third kappa shape index (κ3) is 2.85. The smallest absolute Gasteiger partial charge is 0.123 e. The van der Waals surface area contributed by atoms with Crippen molar-refractivity contribution in [3.05, 3.63) is 59.9 Å². The molecule has 0 aromatic heterocycles. The quantitative estimate of drug-likeness (QED) is 0.645. The van der Waals surface area contributed by atoms with Gasteiger partial charge in [-0.15, -0.1) is 0 Å². The molecule has 3 N–H and O–H groups in total. The lowest BCUT2D eigenvalue weighted by atomic mass is 10.2. The second-order valence-corrected chi connectivity index (χ2v) is 4.58. The molecule has 0 aliphatic rings. The molecule has 4 heteroatoms. The fourth-order valence-electron chi connectivity index (χ4n) is 1.41. The molecule has 0 saturated heterocycles. The Balaban J connectivity index is 2.30. The summed E-state index contributed by atoms with van der Waals surface area (Å²) in [5.41, 5.74) is 6.20. The molecule has 0 aliphatic heterocycles. The van der Waals surface area contributed by atoms with Crippen LogP contribution in [0.4, 0.5) is 4.39 Å². The van der Waals surface area contributed by atoms with Crippen LogP contribution in [0, 0.1) is 11.2 Å². The monoisotopic (exact) mass is 246 g/mol. The Morgan fingerprint density at radius 1 is 1.06 bits per heavy atom. The van der Waals surface area contributed by atoms with Crippen molar-refractivity contribution >= 4 is 17.6 Å². The SMILES string of the molecule is N=C(N)c1ccccc1Sc1ccc(F)cc1. The predicted molar refractivity (Wildman–Crippen MR) is 68.0 cm³/mol. The molecule has 2 aromatic carbocycles. The summed E-state index contributed by atoms with van der Waals surface area (Å²) in [6.45, 7) is 0. The van der Waals surface area contributed by atoms with Gasteiger partial charge in [-0.05, 0) is 30.3 Å². The van der Waals surface area contributed by atoms with Crippen molar-refractivity contribution in [1.82, 2.24) is 0 Å². The van der Waals surface area contributed by atoms with Crippen LogP contribution in [-0.2, 0) is 0 Å². The maximum absolute atomic E-state index is 12.8. The van der Waals surface area contributed by atoms with Crippen LogP contribution >= 0.6 is 11.8 Å². The first kappa shape index (κ1) is 11.7. The molecule has 0 fully saturated rings. The highest BCUT2D eigenvalue weighted by Gasteiger charge is 2.06. The van der Waals surface area contributed by atoms with Gasteiger partial charge in [0.05, 0.1) is 0 Å². The molecular weight excluding hydrogens is 235 g/mol. The van der Waals surface area contributed by atoms with Crippen molar-refractivity contribution in [2.45, 2.75) is 9.79 Å². The second kappa shape index (κ2) is 5.01. The maximum atomic E-state index is 12.8. The normalized spacial score (nSPS) is 10.2. The van der Waals surface area contributed by atoms with E-state index in [0.29, 0.717) is 5.56 Å². The number of halogens is 1. The highest BCUT2D eigenvalue weighted by molar-refractivity contribution is 7.99. The van der Waals surface area contributed by atoms with Gasteiger partial charge in [0.25, 0.3) is 0 Å². The van der Waals surface area contributed by atoms with Gasteiger partial charge < -0.3 is 5.73 Å². The summed E-state index contributed by atoms with van der Waals surface area (Å²) >= 11 is 1.46. The lowest BCUT2D eigenvalue weighted by molar-refractivity contribution is 0.626. The molecule has 2 aromatic rings. The van der Waals surface area contributed by atoms with Gasteiger partial charge in [-0.3, -0.25) is 5.41 Å². The van der Waals surface area contributed by atoms with Crippen LogP contribution in [0.1, 0.15) is 5.56 Å². The van der Waals surface area contributed by atoms with E-state index in [0.717, 1.165) is 9.79 Å². The van der Waals surface area contributed by atoms with Crippen LogP contribution in [0.15, 0.2) is 58.3 Å². The van der Waals surface area contributed by atoms with Crippen LogP contribution in [0.2, 0.25) is 0 Å². The zero-order valence-electron chi connectivity index (χ0n) is 8.98. The van der Waals surface area contributed by atoms with Gasteiger partial charge in [-0.2, -0.15) is 0 Å². The third-order valence-corrected chi connectivity index (χ3v) is 3.30. The average Bonchev–Trinajstić information content (AvgIpc) is 2.32. The number of rotatable bonds is 3. The number of benzene rings is 2. The summed E-state index contributed by atoms with van der Waals surface area (Å²) in [4.78, 5) is 1.81. The minimum absolute atomic E-state index is 0.0372. The van der Waals surface area contributed by atoms with E-state index in [2.05, 4.69) is 0 Å². The number of amidine groups is 1. The first-order valence-electron chi connectivity index (χ1n) is 5.03. The average molecular weight is 246 g/mol. The molecule has 0 saturated carbocycles. The van der Waals surface area contributed by atoms with E-state index in [4.69, 9.17) is 11.1 Å². The zero-order valence-corrected chi connectivity index (χ0v) is 9.80. The molecule has 0 spiro atoms. The van der Waals surface area contributed by atoms with Crippen LogP contribution in [0.5, 0.6) is 0 Å². The number of hydrogen-bond donors (Lipinski definition) is 2. The topological polar surface area (TPSA) is 49.9 Å². The minimum atomic E-state index is -0.255. The van der Waals surface area contributed by atoms with Gasteiger partial charge in [0.15, 0.2) is 0 Å². The van der Waals surface area contributed by atoms with E-state index < -0.39 is 0 Å². The number of nitrogens with two attached hydrogens (primary N) is 1. The Labute approximate surface area is 103 Å². The Morgan fingerprint density at radius 3 is 2.35 bits per heavy atom. The lowest BCUT2D eigenvalue weighted by Crippen LogP contribution is -2.11. The van der Waals surface area contributed by atoms with Gasteiger partial charge >= 0.3 is 0 Å². The number of nitrogens with one attached hydrogen (secondary N) is 1. The lowest BCUT2D eigenvalue weighted by Gasteiger charge is -2.07. The molecule has 0 radical (unpaired) electrons. The van der Waals surface area contributed by atoms with Gasteiger partial charge in [-0.25, -0.2) is 4.39 Å². The summed E-state index contributed by atoms with van der Waals surface area (Å²) in [5.74, 6) is -0.218. The van der Waals surface area contributed by atoms with Crippen LogP contribution < -0.4 is 5.73 Å². The number of hydrogen-bond acceptors (Lipinski definition) is 2. The van der Waals surface area contributed by atoms with Gasteiger partial charge in [0.2, 0.25) is 0 Å². The van der Waals surface area contributed by atoms with Gasteiger partial charge in [0.1, 0.15) is 11.7 Å². The fourth-order valence-corrected chi connectivity index (χ4v) is 2.37. The summed E-state index contributed by atoms with van der Waals surface area (Å²) < 4.78 is 12.8. The van der Waals surface area contributed by atoms with Crippen molar-refractivity contribution < 1.29 is 4.39 Å². The predicted octanol–water partition coefficient (Wildman–Crippen LogP) is 3.26. The highest BCUT2D eigenvalue weighted by Crippen LogP contribution is 2.30. The molecule has 0 bridgehead atoms. The van der Waals surface area contributed by atoms with E-state index >= 15 is 0 Å². The molecule has 0 aliphatic carbocycles. The number of nitrogen functional groups attached to an aromatic ring is 1. The van der Waals surface area contributed by atoms with E-state index in [1.165, 1.54) is 23.9 Å². The van der Waals surface area contributed by atoms with E-state index in [9.17, 15) is 4.39 Å². The molecule has 0 unspecified atom stereocenters. The summed E-state index contributed by atoms with van der Waals surface area (Å²) in [6.07, 6.45) is 0. The zero-order chi connectivity index (χ0) is 12.3. The van der Waals surface area contributed by atoms with Crippen molar-refractivity contribution in [1.29, 1.82) is 5.41 Å². The summed E-state index contributed by atoms with van der Waals surface area (Å²) in [7, 11) is 0. The largest absolute Gasteiger partial charge is 0.384 e. The van der Waals surface area contributed by atoms with Crippen molar-refractivity contribution in [3.8, 4) is 0 Å². The summed E-state index contributed by atoms with van der Waals surface area (Å²) in [5, 5.41) is 7.48. The van der Waals surface area contributed by atoms with Crippen molar-refractivity contribution in [2.75, 3.05) is 0 Å². The molecule has 0 atom stereocenters. The molecule has 0 heterocycles. The van der Waals surface area contributed by atoms with Gasteiger partial charge in [-0.1, -0.05) is 30.0 Å².